The first-order valence-corrected chi connectivity index (χ1v) is 12.3. The molecule has 2 aromatic heterocycles. The first-order valence-electron chi connectivity index (χ1n) is 11.1. The third kappa shape index (κ3) is 5.50. The van der Waals surface area contributed by atoms with Gasteiger partial charge >= 0.3 is 0 Å². The van der Waals surface area contributed by atoms with Crippen LogP contribution in [0.3, 0.4) is 0 Å². The van der Waals surface area contributed by atoms with Crippen molar-refractivity contribution in [1.29, 1.82) is 0 Å². The van der Waals surface area contributed by atoms with Crippen LogP contribution >= 0.6 is 11.8 Å². The van der Waals surface area contributed by atoms with Crippen LogP contribution in [0.1, 0.15) is 73.9 Å². The fourth-order valence-corrected chi connectivity index (χ4v) is 4.97. The Bertz CT molecular complexity index is 965. The molecule has 0 aromatic carbocycles. The zero-order chi connectivity index (χ0) is 22.4. The molecule has 0 saturated carbocycles. The van der Waals surface area contributed by atoms with Gasteiger partial charge in [-0.3, -0.25) is 19.2 Å². The quantitative estimate of drug-likeness (QED) is 0.641. The maximum atomic E-state index is 12.7. The summed E-state index contributed by atoms with van der Waals surface area (Å²) in [5.41, 5.74) is 1.27. The van der Waals surface area contributed by atoms with E-state index in [2.05, 4.69) is 10.6 Å². The van der Waals surface area contributed by atoms with Gasteiger partial charge in [0.25, 0.3) is 11.1 Å². The van der Waals surface area contributed by atoms with Gasteiger partial charge in [-0.2, -0.15) is 16.3 Å². The lowest BCUT2D eigenvalue weighted by Crippen LogP contribution is -2.26. The highest BCUT2D eigenvalue weighted by Crippen LogP contribution is 2.13. The molecule has 0 atom stereocenters. The van der Waals surface area contributed by atoms with Crippen LogP contribution in [0.15, 0.2) is 9.59 Å². The second kappa shape index (κ2) is 10.8. The number of carbonyl (C=O) groups is 2. The summed E-state index contributed by atoms with van der Waals surface area (Å²) in [6.45, 7) is 3.66. The predicted octanol–water partition coefficient (Wildman–Crippen LogP) is 1.91. The molecule has 3 heterocycles. The molecule has 0 aliphatic carbocycles. The summed E-state index contributed by atoms with van der Waals surface area (Å²) in [5.74, 6) is 2.08. The van der Waals surface area contributed by atoms with Crippen molar-refractivity contribution in [1.82, 2.24) is 19.7 Å². The highest BCUT2D eigenvalue weighted by molar-refractivity contribution is 7.99. The highest BCUT2D eigenvalue weighted by atomic mass is 32.2. The number of hydrogen-bond acceptors (Lipinski definition) is 5. The fraction of sp³-hybridized carbons (Fsp3) is 0.636. The Morgan fingerprint density at radius 1 is 0.645 bits per heavy atom. The molecule has 170 valence electrons. The van der Waals surface area contributed by atoms with Gasteiger partial charge in [-0.15, -0.1) is 0 Å². The molecule has 0 unspecified atom stereocenters. The van der Waals surface area contributed by atoms with Crippen LogP contribution in [0.4, 0.5) is 0 Å². The Labute approximate surface area is 186 Å². The number of nitrogens with one attached hydrogen (secondary N) is 2. The number of nitrogens with zero attached hydrogens (tertiary/aromatic N) is 2. The van der Waals surface area contributed by atoms with E-state index in [1.807, 2.05) is 11.8 Å². The lowest BCUT2D eigenvalue weighted by atomic mass is 10.2. The second-order valence-electron chi connectivity index (χ2n) is 8.16. The SMILES string of the molecule is Cc1c2n3c(c(C)c(=O)n3c1=O)CNC(=O)CCCCCSCCCCCC(=O)NC2. The lowest BCUT2D eigenvalue weighted by Gasteiger charge is -2.10. The number of hydrogen-bond donors (Lipinski definition) is 2. The number of rotatable bonds is 0. The number of aromatic nitrogens is 2. The van der Waals surface area contributed by atoms with Crippen LogP contribution in [0.2, 0.25) is 0 Å². The summed E-state index contributed by atoms with van der Waals surface area (Å²) in [6.07, 6.45) is 6.80. The molecule has 2 N–H and O–H groups in total. The van der Waals surface area contributed by atoms with Crippen LogP contribution in [-0.4, -0.2) is 32.4 Å². The normalized spacial score (nSPS) is 18.5. The summed E-state index contributed by atoms with van der Waals surface area (Å²) in [7, 11) is 0. The fourth-order valence-electron chi connectivity index (χ4n) is 3.95. The molecule has 2 aromatic rings. The van der Waals surface area contributed by atoms with Crippen molar-refractivity contribution in [3.05, 3.63) is 43.2 Å². The van der Waals surface area contributed by atoms with Gasteiger partial charge in [0, 0.05) is 24.0 Å². The van der Waals surface area contributed by atoms with E-state index in [1.165, 1.54) is 0 Å². The minimum atomic E-state index is -0.384. The van der Waals surface area contributed by atoms with Gasteiger partial charge in [0.1, 0.15) is 0 Å². The molecule has 9 heteroatoms. The van der Waals surface area contributed by atoms with E-state index in [9.17, 15) is 19.2 Å². The van der Waals surface area contributed by atoms with Crippen molar-refractivity contribution in [2.24, 2.45) is 0 Å². The minimum absolute atomic E-state index is 0.0608. The van der Waals surface area contributed by atoms with Crippen LogP contribution in [-0.2, 0) is 22.7 Å². The zero-order valence-electron chi connectivity index (χ0n) is 18.4. The summed E-state index contributed by atoms with van der Waals surface area (Å²) >= 11 is 1.94. The van der Waals surface area contributed by atoms with Crippen LogP contribution in [0.25, 0.3) is 0 Å². The van der Waals surface area contributed by atoms with Gasteiger partial charge in [0.2, 0.25) is 11.8 Å². The molecule has 0 spiro atoms. The highest BCUT2D eigenvalue weighted by Gasteiger charge is 2.22. The Morgan fingerprint density at radius 2 is 1.10 bits per heavy atom. The molecule has 8 nitrogen and oxygen atoms in total. The molecule has 0 fully saturated rings. The predicted molar refractivity (Wildman–Crippen MR) is 122 cm³/mol. The summed E-state index contributed by atoms with van der Waals surface area (Å²) in [5, 5.41) is 5.78. The van der Waals surface area contributed by atoms with Crippen molar-refractivity contribution in [3.8, 4) is 0 Å². The van der Waals surface area contributed by atoms with Gasteiger partial charge in [-0.05, 0) is 51.0 Å². The molecule has 1 aliphatic heterocycles. The van der Waals surface area contributed by atoms with Crippen LogP contribution in [0, 0.1) is 13.8 Å². The molecular formula is C22H32N4O4S. The maximum absolute atomic E-state index is 12.7. The molecular weight excluding hydrogens is 416 g/mol. The van der Waals surface area contributed by atoms with Crippen molar-refractivity contribution in [2.75, 3.05) is 11.5 Å². The van der Waals surface area contributed by atoms with Gasteiger partial charge in [-0.1, -0.05) is 12.8 Å². The lowest BCUT2D eigenvalue weighted by molar-refractivity contribution is -0.122. The largest absolute Gasteiger partial charge is 0.350 e. The Hall–Kier alpha value is -2.29. The molecule has 0 bridgehead atoms. The standard InChI is InChI=1S/C22H32N4O4S/c1-15-17-13-23-19(27)9-5-3-7-11-31-12-8-4-6-10-20(28)24-14-18-16(2)22(30)26(21(15)29)25(17)18/h3-14H2,1-2H3,(H,23,27)(H,24,28). The molecule has 1 aliphatic rings. The minimum Gasteiger partial charge on any atom is -0.350 e. The Morgan fingerprint density at radius 3 is 1.55 bits per heavy atom. The average molecular weight is 449 g/mol. The average Bonchev–Trinajstić information content (AvgIpc) is 3.13. The molecule has 0 saturated heterocycles. The van der Waals surface area contributed by atoms with E-state index < -0.39 is 0 Å². The Balaban J connectivity index is 1.86. The van der Waals surface area contributed by atoms with E-state index in [0.29, 0.717) is 35.4 Å². The smallest absolute Gasteiger partial charge is 0.277 e. The third-order valence-electron chi connectivity index (χ3n) is 5.89. The van der Waals surface area contributed by atoms with Gasteiger partial charge < -0.3 is 10.6 Å². The van der Waals surface area contributed by atoms with E-state index in [1.54, 1.807) is 18.4 Å². The van der Waals surface area contributed by atoms with Crippen molar-refractivity contribution in [2.45, 2.75) is 78.3 Å². The number of carbonyl (C=O) groups excluding carboxylic acids is 2. The van der Waals surface area contributed by atoms with Crippen molar-refractivity contribution in [3.63, 3.8) is 0 Å². The number of amides is 2. The van der Waals surface area contributed by atoms with Crippen molar-refractivity contribution < 1.29 is 9.59 Å². The van der Waals surface area contributed by atoms with Gasteiger partial charge in [0.05, 0.1) is 24.5 Å². The third-order valence-corrected chi connectivity index (χ3v) is 7.05. The van der Waals surface area contributed by atoms with Gasteiger partial charge in [0.15, 0.2) is 0 Å². The van der Waals surface area contributed by atoms with Crippen LogP contribution in [0.5, 0.6) is 0 Å². The summed E-state index contributed by atoms with van der Waals surface area (Å²) < 4.78 is 2.68. The zero-order valence-corrected chi connectivity index (χ0v) is 19.2. The maximum Gasteiger partial charge on any atom is 0.277 e. The summed E-state index contributed by atoms with van der Waals surface area (Å²) in [4.78, 5) is 50.0. The molecule has 0 radical (unpaired) electrons. The van der Waals surface area contributed by atoms with Crippen LogP contribution < -0.4 is 21.8 Å². The first kappa shape index (κ1) is 23.4. The second-order valence-corrected chi connectivity index (χ2v) is 9.39. The van der Waals surface area contributed by atoms with E-state index in [-0.39, 0.29) is 36.0 Å². The topological polar surface area (TPSA) is 101 Å². The monoisotopic (exact) mass is 448 g/mol. The molecule has 2 amide bonds. The molecule has 31 heavy (non-hydrogen) atoms. The molecule has 3 rings (SSSR count). The van der Waals surface area contributed by atoms with Gasteiger partial charge in [-0.25, -0.2) is 4.52 Å². The van der Waals surface area contributed by atoms with E-state index in [0.717, 1.165) is 54.5 Å². The summed E-state index contributed by atoms with van der Waals surface area (Å²) in [6, 6.07) is 0. The van der Waals surface area contributed by atoms with E-state index >= 15 is 0 Å². The van der Waals surface area contributed by atoms with Crippen molar-refractivity contribution >= 4 is 23.6 Å². The Kier molecular flexibility index (Phi) is 8.17. The first-order chi connectivity index (χ1) is 14.9. The number of thioether (sulfide) groups is 1. The van der Waals surface area contributed by atoms with E-state index in [4.69, 9.17) is 0 Å².